The Morgan fingerprint density at radius 1 is 1.32 bits per heavy atom. The Morgan fingerprint density at radius 3 is 2.53 bits per heavy atom. The Kier molecular flexibility index (Phi) is 4.91. The highest BCUT2D eigenvalue weighted by Crippen LogP contribution is 2.19. The number of nitrogens with zero attached hydrogens (tertiary/aromatic N) is 2. The molecule has 1 heterocycles. The predicted octanol–water partition coefficient (Wildman–Crippen LogP) is 1.85. The molecule has 1 fully saturated rings. The first-order valence-corrected chi connectivity index (χ1v) is 6.96. The Morgan fingerprint density at radius 2 is 1.95 bits per heavy atom. The van der Waals surface area contributed by atoms with E-state index in [9.17, 15) is 4.39 Å². The quantitative estimate of drug-likeness (QED) is 0.902. The monoisotopic (exact) mass is 265 g/mol. The minimum atomic E-state index is -0.239. The van der Waals surface area contributed by atoms with Crippen molar-refractivity contribution in [3.8, 4) is 0 Å². The Balaban J connectivity index is 1.87. The SMILES string of the molecule is CN(C)C1CCN(CC(N)c2ccccc2F)CC1. The maximum atomic E-state index is 13.7. The third-order valence-electron chi connectivity index (χ3n) is 4.05. The van der Waals surface area contributed by atoms with E-state index < -0.39 is 0 Å². The van der Waals surface area contributed by atoms with E-state index in [0.717, 1.165) is 32.5 Å². The first-order chi connectivity index (χ1) is 9.08. The summed E-state index contributed by atoms with van der Waals surface area (Å²) in [5.41, 5.74) is 6.75. The zero-order valence-electron chi connectivity index (χ0n) is 11.8. The second-order valence-corrected chi connectivity index (χ2v) is 5.62. The molecule has 1 aliphatic heterocycles. The van der Waals surface area contributed by atoms with E-state index in [1.165, 1.54) is 6.07 Å². The predicted molar refractivity (Wildman–Crippen MR) is 76.5 cm³/mol. The van der Waals surface area contributed by atoms with Crippen molar-refractivity contribution in [3.05, 3.63) is 35.6 Å². The number of hydrogen-bond donors (Lipinski definition) is 1. The zero-order chi connectivity index (χ0) is 13.8. The molecule has 19 heavy (non-hydrogen) atoms. The van der Waals surface area contributed by atoms with Crippen molar-refractivity contribution >= 4 is 0 Å². The lowest BCUT2D eigenvalue weighted by Gasteiger charge is -2.36. The number of halogens is 1. The molecular weight excluding hydrogens is 241 g/mol. The lowest BCUT2D eigenvalue weighted by atomic mass is 10.0. The summed E-state index contributed by atoms with van der Waals surface area (Å²) in [6, 6.07) is 7.24. The fourth-order valence-corrected chi connectivity index (χ4v) is 2.77. The van der Waals surface area contributed by atoms with Gasteiger partial charge in [-0.3, -0.25) is 0 Å². The van der Waals surface area contributed by atoms with Crippen LogP contribution in [0.2, 0.25) is 0 Å². The van der Waals surface area contributed by atoms with Crippen LogP contribution in [0.4, 0.5) is 4.39 Å². The summed E-state index contributed by atoms with van der Waals surface area (Å²) in [7, 11) is 4.26. The van der Waals surface area contributed by atoms with Crippen LogP contribution >= 0.6 is 0 Å². The van der Waals surface area contributed by atoms with E-state index in [2.05, 4.69) is 23.9 Å². The first-order valence-electron chi connectivity index (χ1n) is 6.96. The average molecular weight is 265 g/mol. The summed E-state index contributed by atoms with van der Waals surface area (Å²) < 4.78 is 13.7. The third-order valence-corrected chi connectivity index (χ3v) is 4.05. The molecule has 2 N–H and O–H groups in total. The second kappa shape index (κ2) is 6.46. The van der Waals surface area contributed by atoms with E-state index in [0.29, 0.717) is 11.6 Å². The molecule has 0 aliphatic carbocycles. The van der Waals surface area contributed by atoms with Crippen molar-refractivity contribution < 1.29 is 4.39 Å². The molecule has 0 radical (unpaired) electrons. The normalized spacial score (nSPS) is 19.8. The number of rotatable bonds is 4. The molecule has 1 unspecified atom stereocenters. The third kappa shape index (κ3) is 3.75. The van der Waals surface area contributed by atoms with E-state index in [-0.39, 0.29) is 11.9 Å². The highest BCUT2D eigenvalue weighted by molar-refractivity contribution is 5.21. The molecule has 106 valence electrons. The highest BCUT2D eigenvalue weighted by Gasteiger charge is 2.22. The summed E-state index contributed by atoms with van der Waals surface area (Å²) in [4.78, 5) is 4.63. The molecule has 1 aromatic carbocycles. The standard InChI is InChI=1S/C15H24FN3/c1-18(2)12-7-9-19(10-8-12)11-15(17)13-5-3-4-6-14(13)16/h3-6,12,15H,7-11,17H2,1-2H3. The van der Waals surface area contributed by atoms with E-state index in [1.54, 1.807) is 12.1 Å². The lowest BCUT2D eigenvalue weighted by Crippen LogP contribution is -2.44. The van der Waals surface area contributed by atoms with Crippen LogP contribution < -0.4 is 5.73 Å². The smallest absolute Gasteiger partial charge is 0.128 e. The topological polar surface area (TPSA) is 32.5 Å². The summed E-state index contributed by atoms with van der Waals surface area (Å²) in [5.74, 6) is -0.196. The van der Waals surface area contributed by atoms with Crippen molar-refractivity contribution in [1.82, 2.24) is 9.80 Å². The van der Waals surface area contributed by atoms with Gasteiger partial charge in [-0.15, -0.1) is 0 Å². The molecular formula is C15H24FN3. The number of piperidine rings is 1. The van der Waals surface area contributed by atoms with Crippen molar-refractivity contribution in [2.24, 2.45) is 5.73 Å². The molecule has 2 rings (SSSR count). The molecule has 3 nitrogen and oxygen atoms in total. The van der Waals surface area contributed by atoms with Gasteiger partial charge in [0.15, 0.2) is 0 Å². The van der Waals surface area contributed by atoms with Gasteiger partial charge in [0.2, 0.25) is 0 Å². The lowest BCUT2D eigenvalue weighted by molar-refractivity contribution is 0.139. The molecule has 1 atom stereocenters. The molecule has 0 spiro atoms. The summed E-state index contributed by atoms with van der Waals surface area (Å²) in [6.07, 6.45) is 2.33. The van der Waals surface area contributed by atoms with E-state index in [1.807, 2.05) is 6.07 Å². The molecule has 1 aliphatic rings. The summed E-state index contributed by atoms with van der Waals surface area (Å²) in [6.45, 7) is 2.83. The second-order valence-electron chi connectivity index (χ2n) is 5.62. The highest BCUT2D eigenvalue weighted by atomic mass is 19.1. The minimum absolute atomic E-state index is 0.196. The fraction of sp³-hybridized carbons (Fsp3) is 0.600. The van der Waals surface area contributed by atoms with Gasteiger partial charge in [-0.25, -0.2) is 4.39 Å². The maximum Gasteiger partial charge on any atom is 0.128 e. The molecule has 4 heteroatoms. The van der Waals surface area contributed by atoms with Crippen molar-refractivity contribution in [1.29, 1.82) is 0 Å². The molecule has 0 aromatic heterocycles. The first kappa shape index (κ1) is 14.4. The average Bonchev–Trinajstić information content (AvgIpc) is 2.39. The molecule has 1 aromatic rings. The number of hydrogen-bond acceptors (Lipinski definition) is 3. The van der Waals surface area contributed by atoms with Gasteiger partial charge >= 0.3 is 0 Å². The van der Waals surface area contributed by atoms with Crippen LogP contribution in [0.1, 0.15) is 24.4 Å². The number of benzene rings is 1. The van der Waals surface area contributed by atoms with Gasteiger partial charge in [-0.2, -0.15) is 0 Å². The maximum absolute atomic E-state index is 13.7. The van der Waals surface area contributed by atoms with Gasteiger partial charge in [0, 0.05) is 24.2 Å². The number of likely N-dealkylation sites (tertiary alicyclic amines) is 1. The van der Waals surface area contributed by atoms with Gasteiger partial charge in [0.25, 0.3) is 0 Å². The minimum Gasteiger partial charge on any atom is -0.323 e. The van der Waals surface area contributed by atoms with Gasteiger partial charge < -0.3 is 15.5 Å². The zero-order valence-corrected chi connectivity index (χ0v) is 11.8. The molecule has 0 amide bonds. The largest absolute Gasteiger partial charge is 0.323 e. The Bertz CT molecular complexity index is 400. The van der Waals surface area contributed by atoms with Crippen LogP contribution in [0.15, 0.2) is 24.3 Å². The Hall–Kier alpha value is -0.970. The van der Waals surface area contributed by atoms with Crippen molar-refractivity contribution in [3.63, 3.8) is 0 Å². The van der Waals surface area contributed by atoms with Crippen LogP contribution in [-0.4, -0.2) is 49.6 Å². The van der Waals surface area contributed by atoms with Crippen LogP contribution in [0.5, 0.6) is 0 Å². The van der Waals surface area contributed by atoms with Crippen molar-refractivity contribution in [2.75, 3.05) is 33.7 Å². The summed E-state index contributed by atoms with van der Waals surface area (Å²) in [5, 5.41) is 0. The molecule has 0 bridgehead atoms. The van der Waals surface area contributed by atoms with Crippen LogP contribution in [0.25, 0.3) is 0 Å². The van der Waals surface area contributed by atoms with Crippen LogP contribution in [-0.2, 0) is 0 Å². The number of nitrogens with two attached hydrogens (primary N) is 1. The van der Waals surface area contributed by atoms with E-state index in [4.69, 9.17) is 5.73 Å². The molecule has 1 saturated heterocycles. The van der Waals surface area contributed by atoms with Crippen LogP contribution in [0.3, 0.4) is 0 Å². The van der Waals surface area contributed by atoms with Gasteiger partial charge in [0.1, 0.15) is 5.82 Å². The molecule has 0 saturated carbocycles. The van der Waals surface area contributed by atoms with E-state index >= 15 is 0 Å². The van der Waals surface area contributed by atoms with Crippen molar-refractivity contribution in [2.45, 2.75) is 24.9 Å². The van der Waals surface area contributed by atoms with Gasteiger partial charge in [-0.1, -0.05) is 18.2 Å². The Labute approximate surface area is 115 Å². The fourth-order valence-electron chi connectivity index (χ4n) is 2.77. The summed E-state index contributed by atoms with van der Waals surface area (Å²) >= 11 is 0. The van der Waals surface area contributed by atoms with Gasteiger partial charge in [-0.05, 0) is 46.1 Å². The van der Waals surface area contributed by atoms with Gasteiger partial charge in [0.05, 0.1) is 0 Å². The van der Waals surface area contributed by atoms with Crippen LogP contribution in [0, 0.1) is 5.82 Å².